The molecule has 3 heterocycles. The minimum atomic E-state index is -0.153. The number of aryl methyl sites for hydroxylation is 1. The Labute approximate surface area is 135 Å². The minimum Gasteiger partial charge on any atom is -0.497 e. The first kappa shape index (κ1) is 14.7. The van der Waals surface area contributed by atoms with Crippen LogP contribution in [0, 0.1) is 12.8 Å². The van der Waals surface area contributed by atoms with Crippen LogP contribution in [0.3, 0.4) is 0 Å². The Morgan fingerprint density at radius 2 is 2.30 bits per heavy atom. The number of ether oxygens (including phenoxy) is 2. The average Bonchev–Trinajstić information content (AvgIpc) is 3.21. The summed E-state index contributed by atoms with van der Waals surface area (Å²) >= 11 is 0. The molecular formula is C17H21N3O3. The number of nitrogens with zero attached hydrogens (tertiary/aromatic N) is 3. The molecule has 23 heavy (non-hydrogen) atoms. The molecule has 4 rings (SSSR count). The Hall–Kier alpha value is -1.92. The molecular weight excluding hydrogens is 294 g/mol. The van der Waals surface area contributed by atoms with Crippen LogP contribution in [0.15, 0.2) is 28.7 Å². The summed E-state index contributed by atoms with van der Waals surface area (Å²) < 4.78 is 16.8. The Morgan fingerprint density at radius 1 is 1.39 bits per heavy atom. The third-order valence-corrected chi connectivity index (χ3v) is 4.94. The molecule has 0 N–H and O–H groups in total. The lowest BCUT2D eigenvalue weighted by Gasteiger charge is -2.23. The molecule has 1 aromatic carbocycles. The summed E-state index contributed by atoms with van der Waals surface area (Å²) in [7, 11) is 1.70. The lowest BCUT2D eigenvalue weighted by Crippen LogP contribution is -2.35. The molecule has 6 heteroatoms. The fourth-order valence-electron chi connectivity index (χ4n) is 3.79. The van der Waals surface area contributed by atoms with Crippen LogP contribution in [0.1, 0.15) is 17.3 Å². The van der Waals surface area contributed by atoms with Gasteiger partial charge in [0.2, 0.25) is 11.8 Å². The number of methoxy groups -OCH3 is 1. The summed E-state index contributed by atoms with van der Waals surface area (Å²) in [4.78, 5) is 2.45. The van der Waals surface area contributed by atoms with Crippen LogP contribution in [0.4, 0.5) is 0 Å². The number of benzene rings is 1. The molecule has 2 aliphatic heterocycles. The average molecular weight is 315 g/mol. The third kappa shape index (κ3) is 2.52. The second-order valence-electron chi connectivity index (χ2n) is 6.52. The second-order valence-corrected chi connectivity index (χ2v) is 6.52. The molecule has 1 aromatic heterocycles. The number of aromatic nitrogens is 2. The van der Waals surface area contributed by atoms with Gasteiger partial charge in [0.05, 0.1) is 25.7 Å². The first-order valence-corrected chi connectivity index (χ1v) is 7.93. The largest absolute Gasteiger partial charge is 0.497 e. The molecule has 0 spiro atoms. The van der Waals surface area contributed by atoms with Gasteiger partial charge in [-0.1, -0.05) is 12.1 Å². The van der Waals surface area contributed by atoms with Crippen molar-refractivity contribution in [3.8, 4) is 5.75 Å². The zero-order valence-electron chi connectivity index (χ0n) is 13.5. The van der Waals surface area contributed by atoms with Crippen LogP contribution < -0.4 is 4.74 Å². The van der Waals surface area contributed by atoms with E-state index < -0.39 is 0 Å². The third-order valence-electron chi connectivity index (χ3n) is 4.94. The van der Waals surface area contributed by atoms with E-state index in [0.29, 0.717) is 18.4 Å². The van der Waals surface area contributed by atoms with E-state index in [-0.39, 0.29) is 5.41 Å². The van der Waals surface area contributed by atoms with E-state index in [2.05, 4.69) is 27.2 Å². The lowest BCUT2D eigenvalue weighted by molar-refractivity contribution is 0.140. The molecule has 2 fully saturated rings. The maximum atomic E-state index is 5.76. The first-order valence-electron chi connectivity index (χ1n) is 7.93. The fraction of sp³-hybridized carbons (Fsp3) is 0.529. The van der Waals surface area contributed by atoms with Crippen LogP contribution in [-0.4, -0.2) is 48.5 Å². The standard InChI is InChI=1S/C17H21N3O3/c1-12-18-19-16(23-12)17-10-20(8-14(17)9-22-11-17)7-13-4-3-5-15(6-13)21-2/h3-6,14H,7-11H2,1-2H3/t14-,17-/m0/s1. The van der Waals surface area contributed by atoms with Crippen LogP contribution in [0.5, 0.6) is 5.75 Å². The summed E-state index contributed by atoms with van der Waals surface area (Å²) in [5.41, 5.74) is 1.10. The summed E-state index contributed by atoms with van der Waals surface area (Å²) in [6.07, 6.45) is 0. The smallest absolute Gasteiger partial charge is 0.226 e. The van der Waals surface area contributed by atoms with Crippen LogP contribution in [-0.2, 0) is 16.7 Å². The van der Waals surface area contributed by atoms with Crippen LogP contribution in [0.2, 0.25) is 0 Å². The van der Waals surface area contributed by atoms with Crippen molar-refractivity contribution in [1.82, 2.24) is 15.1 Å². The number of rotatable bonds is 4. The molecule has 2 aromatic rings. The molecule has 0 unspecified atom stereocenters. The van der Waals surface area contributed by atoms with Gasteiger partial charge in [0.15, 0.2) is 0 Å². The summed E-state index contributed by atoms with van der Waals surface area (Å²) in [6, 6.07) is 8.23. The second kappa shape index (κ2) is 5.62. The van der Waals surface area contributed by atoms with Gasteiger partial charge in [-0.05, 0) is 17.7 Å². The molecule has 122 valence electrons. The van der Waals surface area contributed by atoms with Crippen molar-refractivity contribution in [2.24, 2.45) is 5.92 Å². The van der Waals surface area contributed by atoms with E-state index in [9.17, 15) is 0 Å². The van der Waals surface area contributed by atoms with Gasteiger partial charge in [0, 0.05) is 32.5 Å². The number of hydrogen-bond acceptors (Lipinski definition) is 6. The highest BCUT2D eigenvalue weighted by Gasteiger charge is 2.55. The molecule has 0 aliphatic carbocycles. The fourth-order valence-corrected chi connectivity index (χ4v) is 3.79. The minimum absolute atomic E-state index is 0.153. The maximum absolute atomic E-state index is 5.76. The van der Waals surface area contributed by atoms with Crippen molar-refractivity contribution >= 4 is 0 Å². The van der Waals surface area contributed by atoms with Gasteiger partial charge in [0.1, 0.15) is 5.75 Å². The molecule has 2 atom stereocenters. The first-order chi connectivity index (χ1) is 11.2. The molecule has 0 amide bonds. The van der Waals surface area contributed by atoms with Gasteiger partial charge >= 0.3 is 0 Å². The zero-order chi connectivity index (χ0) is 15.9. The zero-order valence-corrected chi connectivity index (χ0v) is 13.5. The van der Waals surface area contributed by atoms with Gasteiger partial charge in [-0.25, -0.2) is 0 Å². The van der Waals surface area contributed by atoms with E-state index in [1.165, 1.54) is 5.56 Å². The van der Waals surface area contributed by atoms with Crippen LogP contribution in [0.25, 0.3) is 0 Å². The normalized spacial score (nSPS) is 27.3. The van der Waals surface area contributed by atoms with Gasteiger partial charge in [-0.3, -0.25) is 4.90 Å². The monoisotopic (exact) mass is 315 g/mol. The Balaban J connectivity index is 1.55. The molecule has 2 saturated heterocycles. The van der Waals surface area contributed by atoms with Crippen molar-refractivity contribution in [2.45, 2.75) is 18.9 Å². The van der Waals surface area contributed by atoms with Gasteiger partial charge in [-0.2, -0.15) is 0 Å². The van der Waals surface area contributed by atoms with Crippen molar-refractivity contribution < 1.29 is 13.9 Å². The van der Waals surface area contributed by atoms with Gasteiger partial charge in [-0.15, -0.1) is 10.2 Å². The Morgan fingerprint density at radius 3 is 3.09 bits per heavy atom. The van der Waals surface area contributed by atoms with Gasteiger partial charge in [0.25, 0.3) is 0 Å². The van der Waals surface area contributed by atoms with E-state index in [4.69, 9.17) is 13.9 Å². The molecule has 0 saturated carbocycles. The van der Waals surface area contributed by atoms with E-state index in [0.717, 1.165) is 37.9 Å². The topological polar surface area (TPSA) is 60.6 Å². The SMILES string of the molecule is COc1cccc(CN2C[C@H]3COC[C@@]3(c3nnc(C)o3)C2)c1. The van der Waals surface area contributed by atoms with E-state index in [1.54, 1.807) is 7.11 Å². The number of hydrogen-bond donors (Lipinski definition) is 0. The van der Waals surface area contributed by atoms with E-state index in [1.807, 2.05) is 19.1 Å². The summed E-state index contributed by atoms with van der Waals surface area (Å²) in [5, 5.41) is 8.30. The van der Waals surface area contributed by atoms with Crippen molar-refractivity contribution in [3.05, 3.63) is 41.6 Å². The molecule has 0 bridgehead atoms. The van der Waals surface area contributed by atoms with Crippen molar-refractivity contribution in [1.29, 1.82) is 0 Å². The number of fused-ring (bicyclic) bond motifs is 1. The molecule has 2 aliphatic rings. The predicted octanol–water partition coefficient (Wildman–Crippen LogP) is 1.79. The highest BCUT2D eigenvalue weighted by atomic mass is 16.5. The lowest BCUT2D eigenvalue weighted by atomic mass is 9.81. The number of likely N-dealkylation sites (tertiary alicyclic amines) is 1. The summed E-state index contributed by atoms with van der Waals surface area (Å²) in [6.45, 7) is 6.02. The van der Waals surface area contributed by atoms with Gasteiger partial charge < -0.3 is 13.9 Å². The maximum Gasteiger partial charge on any atom is 0.226 e. The van der Waals surface area contributed by atoms with Crippen LogP contribution >= 0.6 is 0 Å². The Kier molecular flexibility index (Phi) is 3.58. The summed E-state index contributed by atoms with van der Waals surface area (Å²) in [5.74, 6) is 2.65. The Bertz CT molecular complexity index is 702. The van der Waals surface area contributed by atoms with Crippen molar-refractivity contribution in [3.63, 3.8) is 0 Å². The van der Waals surface area contributed by atoms with E-state index >= 15 is 0 Å². The quantitative estimate of drug-likeness (QED) is 0.857. The highest BCUT2D eigenvalue weighted by Crippen LogP contribution is 2.43. The van der Waals surface area contributed by atoms with Crippen molar-refractivity contribution in [2.75, 3.05) is 33.4 Å². The predicted molar refractivity (Wildman–Crippen MR) is 83.3 cm³/mol. The molecule has 0 radical (unpaired) electrons. The molecule has 6 nitrogen and oxygen atoms in total. The highest BCUT2D eigenvalue weighted by molar-refractivity contribution is 5.29.